The Hall–Kier alpha value is -1.29. The summed E-state index contributed by atoms with van der Waals surface area (Å²) in [5.74, 6) is 0.411. The molecule has 90 valence electrons. The van der Waals surface area contributed by atoms with Gasteiger partial charge in [-0.15, -0.1) is 11.8 Å². The van der Waals surface area contributed by atoms with E-state index in [9.17, 15) is 4.79 Å². The maximum absolute atomic E-state index is 11.8. The first-order valence-corrected chi connectivity index (χ1v) is 6.59. The van der Waals surface area contributed by atoms with E-state index in [-0.39, 0.29) is 5.97 Å². The zero-order chi connectivity index (χ0) is 12.3. The van der Waals surface area contributed by atoms with Crippen molar-refractivity contribution < 1.29 is 9.53 Å². The highest BCUT2D eigenvalue weighted by atomic mass is 32.2. The van der Waals surface area contributed by atoms with E-state index in [2.05, 4.69) is 4.99 Å². The van der Waals surface area contributed by atoms with E-state index in [1.807, 2.05) is 44.2 Å². The molecule has 17 heavy (non-hydrogen) atoms. The van der Waals surface area contributed by atoms with Crippen LogP contribution in [0.3, 0.4) is 0 Å². The summed E-state index contributed by atoms with van der Waals surface area (Å²) in [5, 5.41) is 0.918. The Kier molecular flexibility index (Phi) is 3.52. The molecule has 0 aliphatic carbocycles. The molecule has 0 fully saturated rings. The van der Waals surface area contributed by atoms with Crippen molar-refractivity contribution in [2.24, 2.45) is 4.99 Å². The van der Waals surface area contributed by atoms with Gasteiger partial charge in [-0.1, -0.05) is 30.3 Å². The van der Waals surface area contributed by atoms with Crippen molar-refractivity contribution in [3.05, 3.63) is 35.9 Å². The molecule has 0 bridgehead atoms. The minimum Gasteiger partial charge on any atom is -0.464 e. The summed E-state index contributed by atoms with van der Waals surface area (Å²) < 4.78 is 5.05. The monoisotopic (exact) mass is 249 g/mol. The number of hydrogen-bond acceptors (Lipinski definition) is 4. The normalized spacial score (nSPS) is 23.3. The molecule has 1 heterocycles. The second-order valence-corrected chi connectivity index (χ2v) is 5.03. The van der Waals surface area contributed by atoms with Crippen LogP contribution in [0.1, 0.15) is 19.4 Å². The van der Waals surface area contributed by atoms with Crippen molar-refractivity contribution in [1.82, 2.24) is 0 Å². The largest absolute Gasteiger partial charge is 0.464 e. The number of thioether (sulfide) groups is 1. The highest BCUT2D eigenvalue weighted by Crippen LogP contribution is 2.31. The van der Waals surface area contributed by atoms with Gasteiger partial charge in [0.1, 0.15) is 0 Å². The molecule has 0 saturated heterocycles. The van der Waals surface area contributed by atoms with E-state index in [1.54, 1.807) is 11.8 Å². The Morgan fingerprint density at radius 1 is 1.47 bits per heavy atom. The second kappa shape index (κ2) is 4.92. The van der Waals surface area contributed by atoms with Crippen molar-refractivity contribution in [3.63, 3.8) is 0 Å². The molecule has 0 spiro atoms. The molecule has 1 aliphatic rings. The highest BCUT2D eigenvalue weighted by molar-refractivity contribution is 8.14. The molecule has 4 heteroatoms. The van der Waals surface area contributed by atoms with Gasteiger partial charge in [0.2, 0.25) is 0 Å². The molecule has 0 aromatic heterocycles. The first-order chi connectivity index (χ1) is 8.15. The van der Waals surface area contributed by atoms with E-state index in [0.29, 0.717) is 12.4 Å². The van der Waals surface area contributed by atoms with Gasteiger partial charge < -0.3 is 4.74 Å². The Bertz CT molecular complexity index is 444. The lowest BCUT2D eigenvalue weighted by Gasteiger charge is -2.16. The first kappa shape index (κ1) is 12.2. The third-order valence-electron chi connectivity index (χ3n) is 2.57. The van der Waals surface area contributed by atoms with Gasteiger partial charge in [-0.2, -0.15) is 0 Å². The quantitative estimate of drug-likeness (QED) is 0.773. The standard InChI is InChI=1S/C13H15NO2S/c1-3-16-12(15)13(2)9-17-11(14-13)10-7-5-4-6-8-10/h4-8H,3,9H2,1-2H3/t13-/m1/s1. The second-order valence-electron chi connectivity index (χ2n) is 4.07. The molecule has 1 aromatic carbocycles. The lowest BCUT2D eigenvalue weighted by Crippen LogP contribution is -2.35. The summed E-state index contributed by atoms with van der Waals surface area (Å²) in [6.07, 6.45) is 0. The van der Waals surface area contributed by atoms with E-state index < -0.39 is 5.54 Å². The maximum atomic E-state index is 11.8. The predicted octanol–water partition coefficient (Wildman–Crippen LogP) is 2.50. The van der Waals surface area contributed by atoms with Crippen LogP contribution in [0.15, 0.2) is 35.3 Å². The Labute approximate surface area is 105 Å². The van der Waals surface area contributed by atoms with E-state index in [4.69, 9.17) is 4.74 Å². The number of esters is 1. The average Bonchev–Trinajstić information content (AvgIpc) is 2.75. The van der Waals surface area contributed by atoms with Crippen molar-refractivity contribution in [3.8, 4) is 0 Å². The van der Waals surface area contributed by atoms with Crippen LogP contribution >= 0.6 is 11.8 Å². The summed E-state index contributed by atoms with van der Waals surface area (Å²) in [6.45, 7) is 4.04. The fraction of sp³-hybridized carbons (Fsp3) is 0.385. The number of aliphatic imine (C=N–C) groups is 1. The minimum atomic E-state index is -0.730. The number of carbonyl (C=O) groups excluding carboxylic acids is 1. The van der Waals surface area contributed by atoms with Gasteiger partial charge in [0.05, 0.1) is 11.7 Å². The molecule has 1 atom stereocenters. The van der Waals surface area contributed by atoms with Crippen molar-refractivity contribution in [2.45, 2.75) is 19.4 Å². The zero-order valence-corrected chi connectivity index (χ0v) is 10.8. The van der Waals surface area contributed by atoms with E-state index in [1.165, 1.54) is 0 Å². The van der Waals surface area contributed by atoms with E-state index in [0.717, 1.165) is 10.6 Å². The van der Waals surface area contributed by atoms with Crippen LogP contribution in [0.5, 0.6) is 0 Å². The van der Waals surface area contributed by atoms with Gasteiger partial charge in [-0.05, 0) is 13.8 Å². The lowest BCUT2D eigenvalue weighted by atomic mass is 10.1. The number of carbonyl (C=O) groups is 1. The average molecular weight is 249 g/mol. The topological polar surface area (TPSA) is 38.7 Å². The summed E-state index contributed by atoms with van der Waals surface area (Å²) in [4.78, 5) is 16.3. The third kappa shape index (κ3) is 2.52. The zero-order valence-electron chi connectivity index (χ0n) is 9.97. The van der Waals surface area contributed by atoms with Gasteiger partial charge in [0, 0.05) is 11.3 Å². The number of benzene rings is 1. The molecule has 3 nitrogen and oxygen atoms in total. The summed E-state index contributed by atoms with van der Waals surface area (Å²) in [6, 6.07) is 9.91. The number of ether oxygens (including phenoxy) is 1. The minimum absolute atomic E-state index is 0.238. The van der Waals surface area contributed by atoms with Crippen molar-refractivity contribution in [2.75, 3.05) is 12.4 Å². The molecular formula is C13H15NO2S. The molecule has 1 aliphatic heterocycles. The van der Waals surface area contributed by atoms with Crippen molar-refractivity contribution >= 4 is 22.8 Å². The number of rotatable bonds is 3. The Morgan fingerprint density at radius 2 is 2.18 bits per heavy atom. The van der Waals surface area contributed by atoms with Gasteiger partial charge in [0.15, 0.2) is 5.54 Å². The van der Waals surface area contributed by atoms with Gasteiger partial charge in [0.25, 0.3) is 0 Å². The molecule has 0 radical (unpaired) electrons. The fourth-order valence-electron chi connectivity index (χ4n) is 1.62. The summed E-state index contributed by atoms with van der Waals surface area (Å²) in [5.41, 5.74) is 0.330. The number of hydrogen-bond donors (Lipinski definition) is 0. The maximum Gasteiger partial charge on any atom is 0.334 e. The molecule has 2 rings (SSSR count). The van der Waals surface area contributed by atoms with Crippen LogP contribution in [0.4, 0.5) is 0 Å². The molecule has 0 amide bonds. The fourth-order valence-corrected chi connectivity index (χ4v) is 2.79. The lowest BCUT2D eigenvalue weighted by molar-refractivity contribution is -0.147. The molecule has 0 saturated carbocycles. The van der Waals surface area contributed by atoms with Crippen LogP contribution in [0, 0.1) is 0 Å². The Morgan fingerprint density at radius 3 is 2.82 bits per heavy atom. The van der Waals surface area contributed by atoms with Gasteiger partial charge in [-0.25, -0.2) is 4.79 Å². The smallest absolute Gasteiger partial charge is 0.334 e. The summed E-state index contributed by atoms with van der Waals surface area (Å²) in [7, 11) is 0. The SMILES string of the molecule is CCOC(=O)[C@@]1(C)CSC(c2ccccc2)=N1. The third-order valence-corrected chi connectivity index (χ3v) is 3.88. The highest BCUT2D eigenvalue weighted by Gasteiger charge is 2.39. The van der Waals surface area contributed by atoms with Crippen LogP contribution in [0.2, 0.25) is 0 Å². The van der Waals surface area contributed by atoms with Crippen LogP contribution in [-0.2, 0) is 9.53 Å². The van der Waals surface area contributed by atoms with Crippen LogP contribution < -0.4 is 0 Å². The number of nitrogens with zero attached hydrogens (tertiary/aromatic N) is 1. The molecule has 1 aromatic rings. The Balaban J connectivity index is 2.21. The molecule has 0 unspecified atom stereocenters. The van der Waals surface area contributed by atoms with Crippen molar-refractivity contribution in [1.29, 1.82) is 0 Å². The molecular weight excluding hydrogens is 234 g/mol. The van der Waals surface area contributed by atoms with Crippen LogP contribution in [-0.4, -0.2) is 28.9 Å². The predicted molar refractivity (Wildman–Crippen MR) is 70.5 cm³/mol. The van der Waals surface area contributed by atoms with Crippen LogP contribution in [0.25, 0.3) is 0 Å². The van der Waals surface area contributed by atoms with E-state index >= 15 is 0 Å². The summed E-state index contributed by atoms with van der Waals surface area (Å²) >= 11 is 1.61. The first-order valence-electron chi connectivity index (χ1n) is 5.61. The molecule has 0 N–H and O–H groups in total. The van der Waals surface area contributed by atoms with Gasteiger partial charge >= 0.3 is 5.97 Å². The van der Waals surface area contributed by atoms with Gasteiger partial charge in [-0.3, -0.25) is 4.99 Å².